The second-order valence-electron chi connectivity index (χ2n) is 6.50. The molecule has 0 saturated carbocycles. The molecule has 0 bridgehead atoms. The second kappa shape index (κ2) is 8.97. The summed E-state index contributed by atoms with van der Waals surface area (Å²) < 4.78 is 0. The molecule has 3 N–H and O–H groups in total. The first-order valence-electron chi connectivity index (χ1n) is 8.98. The Labute approximate surface area is 155 Å². The number of benzene rings is 3. The van der Waals surface area contributed by atoms with Crippen molar-refractivity contribution in [3.05, 3.63) is 107 Å². The van der Waals surface area contributed by atoms with Gasteiger partial charge >= 0.3 is 0 Å². The van der Waals surface area contributed by atoms with Crippen molar-refractivity contribution in [1.29, 1.82) is 0 Å². The normalized spacial score (nSPS) is 11.7. The molecule has 0 spiro atoms. The van der Waals surface area contributed by atoms with Crippen molar-refractivity contribution in [2.75, 3.05) is 6.54 Å². The van der Waals surface area contributed by atoms with E-state index in [9.17, 15) is 4.79 Å². The number of nitrogens with one attached hydrogen (secondary N) is 1. The third-order valence-electron chi connectivity index (χ3n) is 4.47. The van der Waals surface area contributed by atoms with E-state index in [0.29, 0.717) is 13.1 Å². The van der Waals surface area contributed by atoms with Crippen LogP contribution in [0.5, 0.6) is 0 Å². The maximum atomic E-state index is 12.3. The fourth-order valence-corrected chi connectivity index (χ4v) is 2.99. The lowest BCUT2D eigenvalue weighted by atomic mass is 9.98. The smallest absolute Gasteiger partial charge is 0.275 e. The van der Waals surface area contributed by atoms with Crippen molar-refractivity contribution in [2.24, 2.45) is 0 Å². The maximum absolute atomic E-state index is 12.3. The van der Waals surface area contributed by atoms with Crippen molar-refractivity contribution in [2.45, 2.75) is 19.5 Å². The van der Waals surface area contributed by atoms with E-state index in [1.807, 2.05) is 48.5 Å². The first-order valence-corrected chi connectivity index (χ1v) is 8.98. The molecular formula is C23H25N2O+. The van der Waals surface area contributed by atoms with Crippen LogP contribution in [0.2, 0.25) is 0 Å². The van der Waals surface area contributed by atoms with E-state index in [1.165, 1.54) is 16.7 Å². The van der Waals surface area contributed by atoms with Gasteiger partial charge in [0.15, 0.2) is 6.54 Å². The quantitative estimate of drug-likeness (QED) is 0.679. The lowest BCUT2D eigenvalue weighted by Gasteiger charge is -2.17. The first kappa shape index (κ1) is 17.9. The average molecular weight is 345 g/mol. The van der Waals surface area contributed by atoms with Crippen LogP contribution < -0.4 is 10.6 Å². The van der Waals surface area contributed by atoms with Gasteiger partial charge in [0.1, 0.15) is 6.04 Å². The summed E-state index contributed by atoms with van der Waals surface area (Å²) in [5.41, 5.74) is 4.75. The Kier molecular flexibility index (Phi) is 6.18. The summed E-state index contributed by atoms with van der Waals surface area (Å²) in [6.45, 7) is 3.04. The zero-order valence-corrected chi connectivity index (χ0v) is 15.1. The summed E-state index contributed by atoms with van der Waals surface area (Å²) in [6.07, 6.45) is 0. The fourth-order valence-electron chi connectivity index (χ4n) is 2.99. The molecule has 1 amide bonds. The third kappa shape index (κ3) is 5.04. The zero-order valence-electron chi connectivity index (χ0n) is 15.1. The number of nitrogens with two attached hydrogens (primary N) is 1. The minimum absolute atomic E-state index is 0.0434. The summed E-state index contributed by atoms with van der Waals surface area (Å²) in [7, 11) is 0. The van der Waals surface area contributed by atoms with Gasteiger partial charge in [0.2, 0.25) is 0 Å². The maximum Gasteiger partial charge on any atom is 0.275 e. The highest BCUT2D eigenvalue weighted by atomic mass is 16.1. The van der Waals surface area contributed by atoms with Crippen molar-refractivity contribution < 1.29 is 10.1 Å². The van der Waals surface area contributed by atoms with Crippen LogP contribution in [0.3, 0.4) is 0 Å². The van der Waals surface area contributed by atoms with Gasteiger partial charge in [-0.25, -0.2) is 0 Å². The number of hydrogen-bond acceptors (Lipinski definition) is 1. The van der Waals surface area contributed by atoms with Gasteiger partial charge in [0.05, 0.1) is 0 Å². The Morgan fingerprint density at radius 3 is 2.08 bits per heavy atom. The number of hydrogen-bond donors (Lipinski definition) is 2. The zero-order chi connectivity index (χ0) is 18.2. The van der Waals surface area contributed by atoms with E-state index >= 15 is 0 Å². The standard InChI is InChI=1S/C23H24N2O/c1-18-12-14-21(15-13-18)23(20-10-6-3-7-11-20)25-17-22(26)24-16-19-8-4-2-5-9-19/h2-15,23,25H,16-17H2,1H3,(H,24,26)/p+1/t23-/m1/s1. The molecular weight excluding hydrogens is 320 g/mol. The van der Waals surface area contributed by atoms with Crippen molar-refractivity contribution in [3.8, 4) is 0 Å². The van der Waals surface area contributed by atoms with Gasteiger partial charge in [-0.15, -0.1) is 0 Å². The minimum atomic E-state index is 0.0434. The first-order chi connectivity index (χ1) is 12.7. The lowest BCUT2D eigenvalue weighted by Crippen LogP contribution is -2.87. The van der Waals surface area contributed by atoms with Crippen LogP contribution in [0, 0.1) is 6.92 Å². The molecule has 0 radical (unpaired) electrons. The number of aryl methyl sites for hydroxylation is 1. The van der Waals surface area contributed by atoms with Crippen molar-refractivity contribution in [1.82, 2.24) is 5.32 Å². The van der Waals surface area contributed by atoms with Crippen LogP contribution in [0.15, 0.2) is 84.9 Å². The molecule has 0 aliphatic carbocycles. The predicted molar refractivity (Wildman–Crippen MR) is 105 cm³/mol. The molecule has 3 heteroatoms. The molecule has 1 atom stereocenters. The van der Waals surface area contributed by atoms with Crippen LogP contribution >= 0.6 is 0 Å². The van der Waals surface area contributed by atoms with E-state index in [-0.39, 0.29) is 11.9 Å². The largest absolute Gasteiger partial charge is 0.347 e. The molecule has 3 rings (SSSR count). The fraction of sp³-hybridized carbons (Fsp3) is 0.174. The Morgan fingerprint density at radius 1 is 0.846 bits per heavy atom. The number of carbonyl (C=O) groups excluding carboxylic acids is 1. The summed E-state index contributed by atoms with van der Waals surface area (Å²) in [6, 6.07) is 28.9. The Morgan fingerprint density at radius 2 is 1.42 bits per heavy atom. The summed E-state index contributed by atoms with van der Waals surface area (Å²) in [5, 5.41) is 5.09. The molecule has 132 valence electrons. The molecule has 26 heavy (non-hydrogen) atoms. The van der Waals surface area contributed by atoms with Crippen LogP contribution in [-0.2, 0) is 11.3 Å². The van der Waals surface area contributed by atoms with Crippen LogP contribution in [0.1, 0.15) is 28.3 Å². The van der Waals surface area contributed by atoms with E-state index in [2.05, 4.69) is 54.0 Å². The molecule has 0 saturated heterocycles. The number of rotatable bonds is 7. The van der Waals surface area contributed by atoms with E-state index < -0.39 is 0 Å². The molecule has 0 aliphatic heterocycles. The molecule has 0 heterocycles. The highest BCUT2D eigenvalue weighted by molar-refractivity contribution is 5.76. The van der Waals surface area contributed by atoms with Gasteiger partial charge in [-0.1, -0.05) is 90.5 Å². The monoisotopic (exact) mass is 345 g/mol. The molecule has 0 unspecified atom stereocenters. The minimum Gasteiger partial charge on any atom is -0.347 e. The van der Waals surface area contributed by atoms with Gasteiger partial charge in [-0.2, -0.15) is 0 Å². The van der Waals surface area contributed by atoms with Crippen LogP contribution in [0.4, 0.5) is 0 Å². The van der Waals surface area contributed by atoms with Gasteiger partial charge in [0, 0.05) is 17.7 Å². The lowest BCUT2D eigenvalue weighted by molar-refractivity contribution is -0.676. The summed E-state index contributed by atoms with van der Waals surface area (Å²) in [5.74, 6) is 0.0434. The average Bonchev–Trinajstić information content (AvgIpc) is 2.69. The Bertz CT molecular complexity index is 814. The summed E-state index contributed by atoms with van der Waals surface area (Å²) in [4.78, 5) is 12.3. The predicted octanol–water partition coefficient (Wildman–Crippen LogP) is 2.96. The van der Waals surface area contributed by atoms with E-state index in [1.54, 1.807) is 0 Å². The summed E-state index contributed by atoms with van der Waals surface area (Å²) >= 11 is 0. The van der Waals surface area contributed by atoms with Crippen LogP contribution in [-0.4, -0.2) is 12.5 Å². The SMILES string of the molecule is Cc1ccc([C@H]([NH2+]CC(=O)NCc2ccccc2)c2ccccc2)cc1. The van der Waals surface area contributed by atoms with E-state index in [4.69, 9.17) is 0 Å². The third-order valence-corrected chi connectivity index (χ3v) is 4.47. The van der Waals surface area contributed by atoms with Gasteiger partial charge in [0.25, 0.3) is 5.91 Å². The highest BCUT2D eigenvalue weighted by Crippen LogP contribution is 2.18. The highest BCUT2D eigenvalue weighted by Gasteiger charge is 2.18. The van der Waals surface area contributed by atoms with Crippen LogP contribution in [0.25, 0.3) is 0 Å². The van der Waals surface area contributed by atoms with Crippen molar-refractivity contribution >= 4 is 5.91 Å². The molecule has 3 nitrogen and oxygen atoms in total. The van der Waals surface area contributed by atoms with Gasteiger partial charge in [-0.05, 0) is 12.5 Å². The second-order valence-corrected chi connectivity index (χ2v) is 6.50. The number of amides is 1. The number of quaternary nitrogens is 1. The topological polar surface area (TPSA) is 45.7 Å². The number of carbonyl (C=O) groups is 1. The molecule has 3 aromatic rings. The van der Waals surface area contributed by atoms with Gasteiger partial charge in [-0.3, -0.25) is 4.79 Å². The molecule has 0 fully saturated rings. The molecule has 3 aromatic carbocycles. The Hall–Kier alpha value is -2.91. The molecule has 0 aliphatic rings. The Balaban J connectivity index is 1.64. The van der Waals surface area contributed by atoms with Crippen molar-refractivity contribution in [3.63, 3.8) is 0 Å². The molecule has 0 aromatic heterocycles. The van der Waals surface area contributed by atoms with Gasteiger partial charge < -0.3 is 10.6 Å². The van der Waals surface area contributed by atoms with E-state index in [0.717, 1.165) is 5.56 Å².